The number of carboxylic acid groups (broad SMARTS) is 1. The first kappa shape index (κ1) is 14.1. The number of ether oxygens (including phenoxy) is 2. The Hall–Kier alpha value is -1.30. The minimum absolute atomic E-state index is 0.0994. The maximum Gasteiger partial charge on any atom is 0.410 e. The molecule has 0 spiro atoms. The van der Waals surface area contributed by atoms with Gasteiger partial charge < -0.3 is 19.5 Å². The lowest BCUT2D eigenvalue weighted by Crippen LogP contribution is -2.53. The summed E-state index contributed by atoms with van der Waals surface area (Å²) in [6, 6.07) is 0. The van der Waals surface area contributed by atoms with Gasteiger partial charge in [0.05, 0.1) is 6.10 Å². The third-order valence-electron chi connectivity index (χ3n) is 3.50. The molecular weight excluding hydrogens is 250 g/mol. The Balaban J connectivity index is 2.07. The van der Waals surface area contributed by atoms with Gasteiger partial charge in [0.1, 0.15) is 11.5 Å². The van der Waals surface area contributed by atoms with Gasteiger partial charge >= 0.3 is 12.1 Å². The molecule has 2 saturated heterocycles. The molecule has 0 aromatic heterocycles. The normalized spacial score (nSPS) is 30.9. The fraction of sp³-hybridized carbons (Fsp3) is 0.846. The van der Waals surface area contributed by atoms with E-state index in [0.717, 1.165) is 6.42 Å². The third kappa shape index (κ3) is 3.18. The van der Waals surface area contributed by atoms with Crippen molar-refractivity contribution < 1.29 is 24.2 Å². The molecule has 2 fully saturated rings. The Morgan fingerprint density at radius 1 is 1.32 bits per heavy atom. The molecule has 1 N–H and O–H groups in total. The minimum Gasteiger partial charge on any atom is -0.481 e. The van der Waals surface area contributed by atoms with Crippen molar-refractivity contribution in [1.82, 2.24) is 4.90 Å². The Kier molecular flexibility index (Phi) is 3.71. The summed E-state index contributed by atoms with van der Waals surface area (Å²) in [7, 11) is 0. The fourth-order valence-corrected chi connectivity index (χ4v) is 2.69. The van der Waals surface area contributed by atoms with E-state index in [9.17, 15) is 14.7 Å². The predicted octanol–water partition coefficient (Wildman–Crippen LogP) is 1.34. The van der Waals surface area contributed by atoms with Gasteiger partial charge in [0.25, 0.3) is 0 Å². The summed E-state index contributed by atoms with van der Waals surface area (Å²) < 4.78 is 10.8. The summed E-state index contributed by atoms with van der Waals surface area (Å²) in [6.07, 6.45) is 0.0913. The zero-order valence-corrected chi connectivity index (χ0v) is 11.6. The highest BCUT2D eigenvalue weighted by Crippen LogP contribution is 2.33. The molecule has 0 bridgehead atoms. The lowest BCUT2D eigenvalue weighted by Gasteiger charge is -2.38. The molecule has 19 heavy (non-hydrogen) atoms. The molecule has 0 aromatic rings. The number of nitrogens with zero attached hydrogens (tertiary/aromatic N) is 1. The van der Waals surface area contributed by atoms with Crippen LogP contribution in [0.3, 0.4) is 0 Å². The topological polar surface area (TPSA) is 76.1 Å². The first-order valence-corrected chi connectivity index (χ1v) is 6.60. The van der Waals surface area contributed by atoms with Crippen LogP contribution in [-0.4, -0.2) is 53.5 Å². The average molecular weight is 271 g/mol. The van der Waals surface area contributed by atoms with Crippen LogP contribution in [0.15, 0.2) is 0 Å². The number of hydrogen-bond acceptors (Lipinski definition) is 4. The number of likely N-dealkylation sites (tertiary alicyclic amines) is 1. The Morgan fingerprint density at radius 3 is 2.58 bits per heavy atom. The van der Waals surface area contributed by atoms with Gasteiger partial charge in [0.2, 0.25) is 0 Å². The third-order valence-corrected chi connectivity index (χ3v) is 3.50. The number of rotatable bonds is 1. The van der Waals surface area contributed by atoms with Crippen LogP contribution in [0, 0.1) is 11.8 Å². The second-order valence-corrected chi connectivity index (χ2v) is 6.21. The molecule has 1 amide bonds. The van der Waals surface area contributed by atoms with Crippen LogP contribution >= 0.6 is 0 Å². The van der Waals surface area contributed by atoms with Gasteiger partial charge in [-0.15, -0.1) is 0 Å². The maximum absolute atomic E-state index is 12.0. The van der Waals surface area contributed by atoms with Crippen molar-refractivity contribution in [2.24, 2.45) is 11.8 Å². The van der Waals surface area contributed by atoms with Crippen molar-refractivity contribution in [3.8, 4) is 0 Å². The number of carbonyl (C=O) groups is 2. The smallest absolute Gasteiger partial charge is 0.410 e. The van der Waals surface area contributed by atoms with Crippen LogP contribution in [0.4, 0.5) is 4.79 Å². The van der Waals surface area contributed by atoms with Crippen LogP contribution < -0.4 is 0 Å². The monoisotopic (exact) mass is 271 g/mol. The molecule has 0 aliphatic carbocycles. The van der Waals surface area contributed by atoms with E-state index in [1.165, 1.54) is 4.90 Å². The number of amides is 1. The van der Waals surface area contributed by atoms with E-state index in [1.807, 2.05) is 0 Å². The molecule has 3 atom stereocenters. The summed E-state index contributed by atoms with van der Waals surface area (Å²) in [4.78, 5) is 24.8. The van der Waals surface area contributed by atoms with Crippen molar-refractivity contribution in [3.05, 3.63) is 0 Å². The van der Waals surface area contributed by atoms with Crippen LogP contribution in [0.2, 0.25) is 0 Å². The molecule has 0 saturated carbocycles. The highest BCUT2D eigenvalue weighted by Gasteiger charge is 2.46. The quantitative estimate of drug-likeness (QED) is 0.779. The first-order chi connectivity index (χ1) is 8.78. The molecule has 2 heterocycles. The van der Waals surface area contributed by atoms with Crippen molar-refractivity contribution >= 4 is 12.1 Å². The van der Waals surface area contributed by atoms with Crippen LogP contribution in [0.25, 0.3) is 0 Å². The lowest BCUT2D eigenvalue weighted by molar-refractivity contribution is -0.150. The molecule has 0 radical (unpaired) electrons. The van der Waals surface area contributed by atoms with Gasteiger partial charge in [0, 0.05) is 25.6 Å². The predicted molar refractivity (Wildman–Crippen MR) is 66.8 cm³/mol. The number of carbonyl (C=O) groups excluding carboxylic acids is 1. The summed E-state index contributed by atoms with van der Waals surface area (Å²) in [5.74, 6) is -1.47. The lowest BCUT2D eigenvalue weighted by atomic mass is 9.86. The summed E-state index contributed by atoms with van der Waals surface area (Å²) in [6.45, 7) is 6.64. The maximum atomic E-state index is 12.0. The van der Waals surface area contributed by atoms with Gasteiger partial charge in [-0.2, -0.15) is 0 Å². The van der Waals surface area contributed by atoms with Crippen LogP contribution in [0.5, 0.6) is 0 Å². The van der Waals surface area contributed by atoms with Crippen LogP contribution in [-0.2, 0) is 14.3 Å². The Bertz CT molecular complexity index is 376. The molecule has 108 valence electrons. The van der Waals surface area contributed by atoms with Crippen molar-refractivity contribution in [2.45, 2.75) is 38.9 Å². The number of aliphatic carboxylic acids is 1. The molecule has 6 heteroatoms. The number of hydrogen-bond donors (Lipinski definition) is 1. The number of piperidine rings is 1. The zero-order chi connectivity index (χ0) is 14.2. The van der Waals surface area contributed by atoms with E-state index in [-0.39, 0.29) is 18.6 Å². The number of fused-ring (bicyclic) bond motifs is 1. The summed E-state index contributed by atoms with van der Waals surface area (Å²) in [5.41, 5.74) is -0.571. The molecule has 2 rings (SSSR count). The van der Waals surface area contributed by atoms with Crippen molar-refractivity contribution in [1.29, 1.82) is 0 Å². The Morgan fingerprint density at radius 2 is 2.00 bits per heavy atom. The first-order valence-electron chi connectivity index (χ1n) is 6.60. The second-order valence-electron chi connectivity index (χ2n) is 6.21. The van der Waals surface area contributed by atoms with E-state index in [2.05, 4.69) is 0 Å². The van der Waals surface area contributed by atoms with E-state index in [0.29, 0.717) is 13.2 Å². The zero-order valence-electron chi connectivity index (χ0n) is 11.6. The van der Waals surface area contributed by atoms with Crippen molar-refractivity contribution in [3.63, 3.8) is 0 Å². The van der Waals surface area contributed by atoms with E-state index < -0.39 is 23.6 Å². The molecule has 6 nitrogen and oxygen atoms in total. The SMILES string of the molecule is CC(C)(C)OC(=O)N1C[C@@H]2CCO[C@@H]2[C@H](C(=O)O)C1. The summed E-state index contributed by atoms with van der Waals surface area (Å²) in [5, 5.41) is 9.26. The largest absolute Gasteiger partial charge is 0.481 e. The van der Waals surface area contributed by atoms with Gasteiger partial charge in [-0.05, 0) is 27.2 Å². The molecular formula is C13H21NO5. The molecule has 2 aliphatic rings. The van der Waals surface area contributed by atoms with Crippen molar-refractivity contribution in [2.75, 3.05) is 19.7 Å². The van der Waals surface area contributed by atoms with Gasteiger partial charge in [-0.1, -0.05) is 0 Å². The van der Waals surface area contributed by atoms with E-state index in [4.69, 9.17) is 9.47 Å². The van der Waals surface area contributed by atoms with Gasteiger partial charge in [-0.25, -0.2) is 4.79 Å². The molecule has 0 aromatic carbocycles. The molecule has 0 unspecified atom stereocenters. The fourth-order valence-electron chi connectivity index (χ4n) is 2.69. The van der Waals surface area contributed by atoms with Gasteiger partial charge in [0.15, 0.2) is 0 Å². The molecule has 2 aliphatic heterocycles. The van der Waals surface area contributed by atoms with E-state index in [1.54, 1.807) is 20.8 Å². The average Bonchev–Trinajstić information content (AvgIpc) is 2.72. The summed E-state index contributed by atoms with van der Waals surface area (Å²) >= 11 is 0. The minimum atomic E-state index is -0.912. The van der Waals surface area contributed by atoms with Gasteiger partial charge in [-0.3, -0.25) is 4.79 Å². The highest BCUT2D eigenvalue weighted by molar-refractivity contribution is 5.74. The van der Waals surface area contributed by atoms with Crippen LogP contribution in [0.1, 0.15) is 27.2 Å². The Labute approximate surface area is 112 Å². The standard InChI is InChI=1S/C13H21NO5/c1-13(2,3)19-12(17)14-6-8-4-5-18-10(8)9(7-14)11(15)16/h8-10H,4-7H2,1-3H3,(H,15,16)/t8-,9+,10-/m0/s1. The van der Waals surface area contributed by atoms with E-state index >= 15 is 0 Å². The second kappa shape index (κ2) is 5.00. The number of carboxylic acids is 1. The highest BCUT2D eigenvalue weighted by atomic mass is 16.6.